The SMILES string of the molecule is CN(c1ncnc2sc(CC(F)(F)F)cc12)[C@@H]1CC[C@H](N)C1.Cl. The lowest BCUT2D eigenvalue weighted by atomic mass is 10.2. The van der Waals surface area contributed by atoms with Crippen LogP contribution in [0.2, 0.25) is 0 Å². The van der Waals surface area contributed by atoms with Gasteiger partial charge in [-0.25, -0.2) is 9.97 Å². The summed E-state index contributed by atoms with van der Waals surface area (Å²) in [5.74, 6) is 0.689. The summed E-state index contributed by atoms with van der Waals surface area (Å²) < 4.78 is 37.7. The molecule has 0 spiro atoms. The van der Waals surface area contributed by atoms with Gasteiger partial charge in [0.05, 0.1) is 11.8 Å². The molecule has 1 aliphatic carbocycles. The average molecular weight is 367 g/mol. The molecule has 3 rings (SSSR count). The summed E-state index contributed by atoms with van der Waals surface area (Å²) in [7, 11) is 1.92. The standard InChI is InChI=1S/C14H17F3N4S.ClH/c1-21(9-3-2-8(18)4-9)12-11-5-10(6-14(15,16)17)22-13(11)20-7-19-12;/h5,7-9H,2-4,6,18H2,1H3;1H/t8-,9+;/m0./s1. The minimum Gasteiger partial charge on any atom is -0.356 e. The fraction of sp³-hybridized carbons (Fsp3) is 0.571. The second kappa shape index (κ2) is 6.78. The van der Waals surface area contributed by atoms with Crippen LogP contribution in [-0.4, -0.2) is 35.3 Å². The molecular weight excluding hydrogens is 349 g/mol. The molecular formula is C14H18ClF3N4S. The van der Waals surface area contributed by atoms with E-state index in [1.165, 1.54) is 6.33 Å². The molecule has 128 valence electrons. The van der Waals surface area contributed by atoms with E-state index in [0.717, 1.165) is 30.6 Å². The molecule has 0 bridgehead atoms. The Bertz CT molecular complexity index is 676. The molecule has 4 nitrogen and oxygen atoms in total. The van der Waals surface area contributed by atoms with E-state index < -0.39 is 12.6 Å². The van der Waals surface area contributed by atoms with Gasteiger partial charge in [-0.3, -0.25) is 0 Å². The number of hydrogen-bond acceptors (Lipinski definition) is 5. The van der Waals surface area contributed by atoms with Crippen LogP contribution in [0.5, 0.6) is 0 Å². The minimum atomic E-state index is -4.21. The van der Waals surface area contributed by atoms with Gasteiger partial charge in [0.1, 0.15) is 17.0 Å². The molecule has 2 aromatic heterocycles. The molecule has 0 saturated heterocycles. The minimum absolute atomic E-state index is 0. The van der Waals surface area contributed by atoms with Crippen molar-refractivity contribution in [1.29, 1.82) is 0 Å². The number of halogens is 4. The first-order valence-corrected chi connectivity index (χ1v) is 7.94. The van der Waals surface area contributed by atoms with Crippen molar-refractivity contribution in [3.63, 3.8) is 0 Å². The van der Waals surface area contributed by atoms with Gasteiger partial charge < -0.3 is 10.6 Å². The van der Waals surface area contributed by atoms with Gasteiger partial charge in [0.2, 0.25) is 0 Å². The van der Waals surface area contributed by atoms with Crippen molar-refractivity contribution in [3.8, 4) is 0 Å². The summed E-state index contributed by atoms with van der Waals surface area (Å²) in [4.78, 5) is 11.3. The highest BCUT2D eigenvalue weighted by atomic mass is 35.5. The summed E-state index contributed by atoms with van der Waals surface area (Å²) in [6, 6.07) is 2.03. The summed E-state index contributed by atoms with van der Waals surface area (Å²) in [6.45, 7) is 0. The van der Waals surface area contributed by atoms with E-state index in [1.807, 2.05) is 11.9 Å². The number of anilines is 1. The first-order chi connectivity index (χ1) is 10.3. The highest BCUT2D eigenvalue weighted by molar-refractivity contribution is 7.18. The van der Waals surface area contributed by atoms with E-state index >= 15 is 0 Å². The Kier molecular flexibility index (Phi) is 5.37. The zero-order valence-electron chi connectivity index (χ0n) is 12.5. The van der Waals surface area contributed by atoms with E-state index in [2.05, 4.69) is 9.97 Å². The first-order valence-electron chi connectivity index (χ1n) is 7.12. The third-order valence-corrected chi connectivity index (χ3v) is 5.10. The van der Waals surface area contributed by atoms with Gasteiger partial charge in [-0.15, -0.1) is 23.7 Å². The Morgan fingerprint density at radius 3 is 2.70 bits per heavy atom. The van der Waals surface area contributed by atoms with Crippen molar-refractivity contribution >= 4 is 39.8 Å². The molecule has 1 fully saturated rings. The fourth-order valence-corrected chi connectivity index (χ4v) is 4.00. The molecule has 1 saturated carbocycles. The Labute approximate surface area is 142 Å². The van der Waals surface area contributed by atoms with Crippen LogP contribution < -0.4 is 10.6 Å². The van der Waals surface area contributed by atoms with Crippen molar-refractivity contribution in [2.24, 2.45) is 5.73 Å². The van der Waals surface area contributed by atoms with Gasteiger partial charge in [-0.1, -0.05) is 0 Å². The van der Waals surface area contributed by atoms with Crippen molar-refractivity contribution in [1.82, 2.24) is 9.97 Å². The van der Waals surface area contributed by atoms with Gasteiger partial charge in [0.15, 0.2) is 0 Å². The number of rotatable bonds is 3. The number of hydrogen-bond donors (Lipinski definition) is 1. The lowest BCUT2D eigenvalue weighted by molar-refractivity contribution is -0.126. The number of nitrogens with zero attached hydrogens (tertiary/aromatic N) is 3. The molecule has 0 aromatic carbocycles. The maximum absolute atomic E-state index is 12.6. The molecule has 0 radical (unpaired) electrons. The number of nitrogens with two attached hydrogens (primary N) is 1. The summed E-state index contributed by atoms with van der Waals surface area (Å²) in [6.07, 6.45) is -0.905. The molecule has 2 atom stereocenters. The largest absolute Gasteiger partial charge is 0.393 e. The van der Waals surface area contributed by atoms with Crippen LogP contribution >= 0.6 is 23.7 Å². The second-order valence-electron chi connectivity index (χ2n) is 5.76. The van der Waals surface area contributed by atoms with Crippen LogP contribution in [0, 0.1) is 0 Å². The quantitative estimate of drug-likeness (QED) is 0.902. The van der Waals surface area contributed by atoms with Gasteiger partial charge in [-0.05, 0) is 25.3 Å². The smallest absolute Gasteiger partial charge is 0.356 e. The molecule has 0 unspecified atom stereocenters. The van der Waals surface area contributed by atoms with Gasteiger partial charge in [0, 0.05) is 24.0 Å². The van der Waals surface area contributed by atoms with E-state index in [9.17, 15) is 13.2 Å². The fourth-order valence-electron chi connectivity index (χ4n) is 2.98. The first kappa shape index (κ1) is 18.2. The third-order valence-electron chi connectivity index (χ3n) is 4.06. The molecule has 9 heteroatoms. The Balaban J connectivity index is 0.00000192. The predicted molar refractivity (Wildman–Crippen MR) is 88.4 cm³/mol. The molecule has 0 aliphatic heterocycles. The van der Waals surface area contributed by atoms with E-state index in [-0.39, 0.29) is 29.4 Å². The second-order valence-corrected chi connectivity index (χ2v) is 6.87. The van der Waals surface area contributed by atoms with Crippen LogP contribution in [0.3, 0.4) is 0 Å². The van der Waals surface area contributed by atoms with Crippen LogP contribution in [0.25, 0.3) is 10.2 Å². The number of alkyl halides is 3. The zero-order valence-corrected chi connectivity index (χ0v) is 14.1. The number of aromatic nitrogens is 2. The number of fused-ring (bicyclic) bond motifs is 1. The number of thiophene rings is 1. The molecule has 0 amide bonds. The van der Waals surface area contributed by atoms with Gasteiger partial charge in [0.25, 0.3) is 0 Å². The highest BCUT2D eigenvalue weighted by Crippen LogP contribution is 2.35. The van der Waals surface area contributed by atoms with Crippen LogP contribution in [0.4, 0.5) is 19.0 Å². The topological polar surface area (TPSA) is 55.0 Å². The molecule has 23 heavy (non-hydrogen) atoms. The molecule has 1 aliphatic rings. The normalized spacial score (nSPS) is 21.4. The van der Waals surface area contributed by atoms with Crippen molar-refractivity contribution in [2.75, 3.05) is 11.9 Å². The van der Waals surface area contributed by atoms with Crippen LogP contribution in [0.1, 0.15) is 24.1 Å². The Morgan fingerprint density at radius 2 is 2.09 bits per heavy atom. The average Bonchev–Trinajstić information content (AvgIpc) is 3.00. The van der Waals surface area contributed by atoms with E-state index in [0.29, 0.717) is 16.0 Å². The van der Waals surface area contributed by atoms with Crippen molar-refractivity contribution < 1.29 is 13.2 Å². The Morgan fingerprint density at radius 1 is 1.35 bits per heavy atom. The maximum atomic E-state index is 12.6. The van der Waals surface area contributed by atoms with Crippen molar-refractivity contribution in [3.05, 3.63) is 17.3 Å². The molecule has 2 N–H and O–H groups in total. The summed E-state index contributed by atoms with van der Waals surface area (Å²) in [5, 5.41) is 0.690. The maximum Gasteiger partial charge on any atom is 0.393 e. The lowest BCUT2D eigenvalue weighted by Gasteiger charge is -2.25. The van der Waals surface area contributed by atoms with Crippen molar-refractivity contribution in [2.45, 2.75) is 43.9 Å². The highest BCUT2D eigenvalue weighted by Gasteiger charge is 2.30. The lowest BCUT2D eigenvalue weighted by Crippen LogP contribution is -2.31. The monoisotopic (exact) mass is 366 g/mol. The van der Waals surface area contributed by atoms with Gasteiger partial charge >= 0.3 is 6.18 Å². The summed E-state index contributed by atoms with van der Waals surface area (Å²) >= 11 is 1.08. The zero-order chi connectivity index (χ0) is 15.9. The van der Waals surface area contributed by atoms with E-state index in [1.54, 1.807) is 6.07 Å². The van der Waals surface area contributed by atoms with Crippen LogP contribution in [0.15, 0.2) is 12.4 Å². The molecule has 2 heterocycles. The predicted octanol–water partition coefficient (Wildman–Crippen LogP) is 3.53. The Hall–Kier alpha value is -1.12. The van der Waals surface area contributed by atoms with E-state index in [4.69, 9.17) is 5.73 Å². The van der Waals surface area contributed by atoms with Crippen LogP contribution in [-0.2, 0) is 6.42 Å². The van der Waals surface area contributed by atoms with Gasteiger partial charge in [-0.2, -0.15) is 13.2 Å². The summed E-state index contributed by atoms with van der Waals surface area (Å²) in [5.41, 5.74) is 5.94. The molecule has 2 aromatic rings. The third kappa shape index (κ3) is 4.05.